The van der Waals surface area contributed by atoms with Gasteiger partial charge in [-0.1, -0.05) is 13.0 Å². The van der Waals surface area contributed by atoms with Crippen molar-refractivity contribution in [3.63, 3.8) is 0 Å². The molecule has 0 saturated heterocycles. The van der Waals surface area contributed by atoms with Crippen molar-refractivity contribution in [2.75, 3.05) is 7.11 Å². The van der Waals surface area contributed by atoms with E-state index in [2.05, 4.69) is 23.8 Å². The fraction of sp³-hybridized carbons (Fsp3) is 0.308. The Morgan fingerprint density at radius 1 is 1.38 bits per heavy atom. The summed E-state index contributed by atoms with van der Waals surface area (Å²) < 4.78 is 6.87. The van der Waals surface area contributed by atoms with Crippen LogP contribution in [0.5, 0.6) is 0 Å². The molecule has 84 valence electrons. The number of benzene rings is 1. The van der Waals surface area contributed by atoms with Crippen molar-refractivity contribution < 1.29 is 9.53 Å². The molecule has 3 heteroatoms. The van der Waals surface area contributed by atoms with Crippen LogP contribution in [0.4, 0.5) is 0 Å². The van der Waals surface area contributed by atoms with Gasteiger partial charge in [0, 0.05) is 18.3 Å². The summed E-state index contributed by atoms with van der Waals surface area (Å²) in [5.74, 6) is -0.286. The highest BCUT2D eigenvalue weighted by molar-refractivity contribution is 5.94. The lowest BCUT2D eigenvalue weighted by Crippen LogP contribution is -2.01. The Morgan fingerprint density at radius 2 is 2.19 bits per heavy atom. The minimum atomic E-state index is -0.286. The summed E-state index contributed by atoms with van der Waals surface area (Å²) in [6, 6.07) is 7.70. The molecule has 2 aromatic rings. The highest BCUT2D eigenvalue weighted by Crippen LogP contribution is 2.18. The van der Waals surface area contributed by atoms with Crippen LogP contribution in [0.3, 0.4) is 0 Å². The zero-order valence-corrected chi connectivity index (χ0v) is 9.56. The van der Waals surface area contributed by atoms with Crippen LogP contribution in [0.2, 0.25) is 0 Å². The topological polar surface area (TPSA) is 31.2 Å². The zero-order chi connectivity index (χ0) is 11.5. The van der Waals surface area contributed by atoms with Crippen LogP contribution >= 0.6 is 0 Å². The Morgan fingerprint density at radius 3 is 2.88 bits per heavy atom. The lowest BCUT2D eigenvalue weighted by atomic mass is 10.1. The summed E-state index contributed by atoms with van der Waals surface area (Å²) in [5.41, 5.74) is 1.69. The maximum absolute atomic E-state index is 11.4. The molecule has 0 amide bonds. The number of aryl methyl sites for hydroxylation is 1. The number of nitrogens with zero attached hydrogens (tertiary/aromatic N) is 1. The summed E-state index contributed by atoms with van der Waals surface area (Å²) in [5, 5.41) is 1.15. The van der Waals surface area contributed by atoms with E-state index in [0.29, 0.717) is 5.56 Å². The molecule has 0 saturated carbocycles. The summed E-state index contributed by atoms with van der Waals surface area (Å²) >= 11 is 0. The first-order chi connectivity index (χ1) is 7.76. The minimum Gasteiger partial charge on any atom is -0.465 e. The molecule has 0 spiro atoms. The second-order valence-electron chi connectivity index (χ2n) is 3.77. The zero-order valence-electron chi connectivity index (χ0n) is 9.56. The van der Waals surface area contributed by atoms with Gasteiger partial charge in [-0.25, -0.2) is 4.79 Å². The highest BCUT2D eigenvalue weighted by atomic mass is 16.5. The molecule has 0 unspecified atom stereocenters. The lowest BCUT2D eigenvalue weighted by molar-refractivity contribution is 0.0601. The van der Waals surface area contributed by atoms with Gasteiger partial charge < -0.3 is 9.30 Å². The predicted molar refractivity (Wildman–Crippen MR) is 63.6 cm³/mol. The second kappa shape index (κ2) is 4.39. The maximum atomic E-state index is 11.4. The molecule has 0 aliphatic carbocycles. The van der Waals surface area contributed by atoms with E-state index in [0.717, 1.165) is 23.9 Å². The predicted octanol–water partition coefficient (Wildman–Crippen LogP) is 2.84. The molecule has 0 atom stereocenters. The molecular weight excluding hydrogens is 202 g/mol. The van der Waals surface area contributed by atoms with Crippen LogP contribution in [0, 0.1) is 0 Å². The van der Waals surface area contributed by atoms with Gasteiger partial charge in [0.15, 0.2) is 0 Å². The van der Waals surface area contributed by atoms with Crippen LogP contribution in [-0.2, 0) is 11.3 Å². The van der Waals surface area contributed by atoms with E-state index in [1.54, 1.807) is 6.07 Å². The van der Waals surface area contributed by atoms with E-state index in [9.17, 15) is 4.79 Å². The molecule has 0 fully saturated rings. The molecule has 16 heavy (non-hydrogen) atoms. The van der Waals surface area contributed by atoms with E-state index in [4.69, 9.17) is 4.74 Å². The van der Waals surface area contributed by atoms with Crippen LogP contribution in [0.15, 0.2) is 30.5 Å². The molecule has 2 rings (SSSR count). The smallest absolute Gasteiger partial charge is 0.337 e. The van der Waals surface area contributed by atoms with Gasteiger partial charge in [-0.05, 0) is 30.0 Å². The number of fused-ring (bicyclic) bond motifs is 1. The largest absolute Gasteiger partial charge is 0.465 e. The van der Waals surface area contributed by atoms with E-state index >= 15 is 0 Å². The van der Waals surface area contributed by atoms with Crippen LogP contribution in [0.1, 0.15) is 23.7 Å². The van der Waals surface area contributed by atoms with E-state index in [-0.39, 0.29) is 5.97 Å². The van der Waals surface area contributed by atoms with Gasteiger partial charge in [0.1, 0.15) is 0 Å². The number of ether oxygens (including phenoxy) is 1. The SMILES string of the molecule is CCCn1ccc2ccc(C(=O)OC)cc21. The highest BCUT2D eigenvalue weighted by Gasteiger charge is 2.07. The van der Waals surface area contributed by atoms with Crippen molar-refractivity contribution in [3.8, 4) is 0 Å². The Kier molecular flexibility index (Phi) is 2.95. The van der Waals surface area contributed by atoms with Gasteiger partial charge in [0.05, 0.1) is 12.7 Å². The number of esters is 1. The summed E-state index contributed by atoms with van der Waals surface area (Å²) in [4.78, 5) is 11.4. The average molecular weight is 217 g/mol. The Hall–Kier alpha value is -1.77. The average Bonchev–Trinajstić information content (AvgIpc) is 2.71. The first kappa shape index (κ1) is 10.7. The summed E-state index contributed by atoms with van der Waals surface area (Å²) in [6.07, 6.45) is 3.13. The standard InChI is InChI=1S/C13H15NO2/c1-3-7-14-8-6-10-4-5-11(9-12(10)14)13(15)16-2/h4-6,8-9H,3,7H2,1-2H3. The molecule has 1 heterocycles. The molecular formula is C13H15NO2. The van der Waals surface area contributed by atoms with Gasteiger partial charge >= 0.3 is 5.97 Å². The maximum Gasteiger partial charge on any atom is 0.337 e. The van der Waals surface area contributed by atoms with Gasteiger partial charge in [0.2, 0.25) is 0 Å². The Labute approximate surface area is 94.6 Å². The van der Waals surface area contributed by atoms with Crippen LogP contribution in [0.25, 0.3) is 10.9 Å². The Balaban J connectivity index is 2.49. The normalized spacial score (nSPS) is 10.6. The van der Waals surface area contributed by atoms with E-state index in [1.807, 2.05) is 12.1 Å². The lowest BCUT2D eigenvalue weighted by Gasteiger charge is -2.04. The first-order valence-corrected chi connectivity index (χ1v) is 5.43. The number of carbonyl (C=O) groups excluding carboxylic acids is 1. The van der Waals surface area contributed by atoms with Crippen LogP contribution in [-0.4, -0.2) is 17.6 Å². The van der Waals surface area contributed by atoms with Gasteiger partial charge in [0.25, 0.3) is 0 Å². The molecule has 0 aliphatic rings. The van der Waals surface area contributed by atoms with Crippen molar-refractivity contribution in [1.82, 2.24) is 4.57 Å². The van der Waals surface area contributed by atoms with E-state index in [1.165, 1.54) is 7.11 Å². The second-order valence-corrected chi connectivity index (χ2v) is 3.77. The van der Waals surface area contributed by atoms with Gasteiger partial charge in [-0.2, -0.15) is 0 Å². The molecule has 1 aromatic carbocycles. The van der Waals surface area contributed by atoms with Crippen molar-refractivity contribution in [2.45, 2.75) is 19.9 Å². The molecule has 3 nitrogen and oxygen atoms in total. The monoisotopic (exact) mass is 217 g/mol. The Bertz CT molecular complexity index is 514. The third kappa shape index (κ3) is 1.81. The van der Waals surface area contributed by atoms with Gasteiger partial charge in [-0.15, -0.1) is 0 Å². The number of aromatic nitrogens is 1. The molecule has 0 aliphatic heterocycles. The molecule has 0 radical (unpaired) electrons. The number of rotatable bonds is 3. The van der Waals surface area contributed by atoms with Crippen molar-refractivity contribution in [3.05, 3.63) is 36.0 Å². The third-order valence-electron chi connectivity index (χ3n) is 2.66. The number of methoxy groups -OCH3 is 1. The van der Waals surface area contributed by atoms with Crippen molar-refractivity contribution in [1.29, 1.82) is 0 Å². The molecule has 0 bridgehead atoms. The molecule has 0 N–H and O–H groups in total. The van der Waals surface area contributed by atoms with Crippen molar-refractivity contribution in [2.24, 2.45) is 0 Å². The number of hydrogen-bond donors (Lipinski definition) is 0. The van der Waals surface area contributed by atoms with Crippen LogP contribution < -0.4 is 0 Å². The summed E-state index contributed by atoms with van der Waals surface area (Å²) in [7, 11) is 1.40. The first-order valence-electron chi connectivity index (χ1n) is 5.43. The van der Waals surface area contributed by atoms with E-state index < -0.39 is 0 Å². The summed E-state index contributed by atoms with van der Waals surface area (Å²) in [6.45, 7) is 3.10. The number of carbonyl (C=O) groups is 1. The fourth-order valence-electron chi connectivity index (χ4n) is 1.86. The fourth-order valence-corrected chi connectivity index (χ4v) is 1.86. The van der Waals surface area contributed by atoms with Gasteiger partial charge in [-0.3, -0.25) is 0 Å². The quantitative estimate of drug-likeness (QED) is 0.740. The van der Waals surface area contributed by atoms with Crippen molar-refractivity contribution >= 4 is 16.9 Å². The number of hydrogen-bond acceptors (Lipinski definition) is 2. The molecule has 1 aromatic heterocycles. The minimum absolute atomic E-state index is 0.286. The third-order valence-corrected chi connectivity index (χ3v) is 2.66.